The van der Waals surface area contributed by atoms with Crippen LogP contribution in [0, 0.1) is 50.7 Å². The molecule has 0 radical (unpaired) electrons. The van der Waals surface area contributed by atoms with Crippen LogP contribution >= 0.6 is 0 Å². The van der Waals surface area contributed by atoms with Gasteiger partial charge in [0.25, 0.3) is 0 Å². The standard InChI is InChI=1S/C39H64N2O8/c1-9-28(43)49-33(35(5,6)45)23-18-22(2)30-31(47-23)32(44)37(8)25-11-10-24-34(3,4)26(48-29-20-41(16-17-46-29)19-27(40)42)12-13-38(24)21-39(25,38)15-14-36(30,37)7/h22-26,29-33,44-45H,9-21H2,1-8H3,(H2,40,42)/t22-,23-,24+,25+,26+,29+,30+,31+,32+,33+,36-,37-,38-,39+/m1/s1. The van der Waals surface area contributed by atoms with Crippen LogP contribution in [0.5, 0.6) is 0 Å². The number of esters is 1. The van der Waals surface area contributed by atoms with Crippen molar-refractivity contribution in [1.29, 1.82) is 0 Å². The van der Waals surface area contributed by atoms with E-state index >= 15 is 0 Å². The fourth-order valence-electron chi connectivity index (χ4n) is 13.9. The molecule has 2 aliphatic heterocycles. The number of aliphatic hydroxyl groups is 2. The molecular formula is C39H64N2O8. The Hall–Kier alpha value is -1.30. The van der Waals surface area contributed by atoms with Crippen molar-refractivity contribution in [2.24, 2.45) is 56.5 Å². The minimum atomic E-state index is -1.27. The van der Waals surface area contributed by atoms with Gasteiger partial charge in [0.1, 0.15) is 0 Å². The SMILES string of the molecule is CCC(=O)O[C@@H]([C@H]1C[C@@H](C)[C@H]2[C@H](O1)[C@H](O)[C@@]1(C)[C@@H]3CC[C@H]4C(C)(C)[C@@H](O[C@H]5CN(CC(N)=O)CCO5)CC[C@@]45C[C@@]35CC[C@]21C)C(C)(C)O. The van der Waals surface area contributed by atoms with Crippen molar-refractivity contribution in [3.63, 3.8) is 0 Å². The third kappa shape index (κ3) is 5.14. The molecule has 0 aromatic heterocycles. The number of primary amides is 1. The van der Waals surface area contributed by atoms with E-state index in [2.05, 4.69) is 34.6 Å². The van der Waals surface area contributed by atoms with Crippen molar-refractivity contribution in [3.8, 4) is 0 Å². The van der Waals surface area contributed by atoms with Gasteiger partial charge in [0, 0.05) is 18.4 Å². The minimum absolute atomic E-state index is 0.0289. The maximum Gasteiger partial charge on any atom is 0.305 e. The number of hydrogen-bond donors (Lipinski definition) is 3. The Kier molecular flexibility index (Phi) is 8.73. The fourth-order valence-corrected chi connectivity index (χ4v) is 13.9. The third-order valence-electron chi connectivity index (χ3n) is 16.2. The lowest BCUT2D eigenvalue weighted by atomic mass is 9.41. The first kappa shape index (κ1) is 36.1. The predicted octanol–water partition coefficient (Wildman–Crippen LogP) is 4.42. The molecule has 10 heteroatoms. The van der Waals surface area contributed by atoms with Gasteiger partial charge >= 0.3 is 5.97 Å². The van der Waals surface area contributed by atoms with Crippen LogP contribution in [0.3, 0.4) is 0 Å². The summed E-state index contributed by atoms with van der Waals surface area (Å²) >= 11 is 0. The van der Waals surface area contributed by atoms with Crippen molar-refractivity contribution in [1.82, 2.24) is 4.90 Å². The Morgan fingerprint density at radius 3 is 2.43 bits per heavy atom. The van der Waals surface area contributed by atoms with Gasteiger partial charge in [0.05, 0.1) is 49.7 Å². The molecule has 1 amide bonds. The number of fused-ring (bicyclic) bond motifs is 4. The van der Waals surface area contributed by atoms with Gasteiger partial charge in [-0.3, -0.25) is 14.5 Å². The van der Waals surface area contributed by atoms with Crippen LogP contribution in [-0.2, 0) is 28.5 Å². The normalized spacial score (nSPS) is 49.4. The first-order valence-corrected chi connectivity index (χ1v) is 19.4. The van der Waals surface area contributed by atoms with Crippen LogP contribution < -0.4 is 5.73 Å². The van der Waals surface area contributed by atoms with Gasteiger partial charge in [-0.25, -0.2) is 0 Å². The predicted molar refractivity (Wildman–Crippen MR) is 183 cm³/mol. The number of ether oxygens (including phenoxy) is 4. The molecule has 278 valence electrons. The van der Waals surface area contributed by atoms with E-state index in [-0.39, 0.29) is 82.3 Å². The summed E-state index contributed by atoms with van der Waals surface area (Å²) in [6, 6.07) is 0. The molecule has 49 heavy (non-hydrogen) atoms. The van der Waals surface area contributed by atoms with Gasteiger partial charge in [-0.1, -0.05) is 41.5 Å². The number of carbonyl (C=O) groups excluding carboxylic acids is 2. The van der Waals surface area contributed by atoms with Gasteiger partial charge in [-0.2, -0.15) is 0 Å². The van der Waals surface area contributed by atoms with Crippen LogP contribution in [0.15, 0.2) is 0 Å². The summed E-state index contributed by atoms with van der Waals surface area (Å²) in [4.78, 5) is 26.1. The second-order valence-electron chi connectivity index (χ2n) is 19.1. The summed E-state index contributed by atoms with van der Waals surface area (Å²) in [7, 11) is 0. The van der Waals surface area contributed by atoms with Crippen LogP contribution in [0.2, 0.25) is 0 Å². The molecule has 0 aromatic rings. The molecule has 2 saturated heterocycles. The van der Waals surface area contributed by atoms with E-state index in [1.165, 1.54) is 12.8 Å². The zero-order valence-electron chi connectivity index (χ0n) is 31.3. The molecular weight excluding hydrogens is 624 g/mol. The summed E-state index contributed by atoms with van der Waals surface area (Å²) in [5.41, 5.74) is 4.28. The molecule has 2 spiro atoms. The van der Waals surface area contributed by atoms with Gasteiger partial charge in [-0.15, -0.1) is 0 Å². The molecule has 2 heterocycles. The van der Waals surface area contributed by atoms with Crippen molar-refractivity contribution < 1.29 is 38.7 Å². The average molecular weight is 689 g/mol. The monoisotopic (exact) mass is 688 g/mol. The first-order valence-electron chi connectivity index (χ1n) is 19.4. The molecule has 10 nitrogen and oxygen atoms in total. The van der Waals surface area contributed by atoms with Crippen LogP contribution in [0.25, 0.3) is 0 Å². The smallest absolute Gasteiger partial charge is 0.305 e. The molecule has 5 saturated carbocycles. The number of nitrogens with zero attached hydrogens (tertiary/aromatic N) is 1. The molecule has 7 fully saturated rings. The summed E-state index contributed by atoms with van der Waals surface area (Å²) in [6.07, 6.45) is 6.25. The van der Waals surface area contributed by atoms with E-state index < -0.39 is 23.9 Å². The average Bonchev–Trinajstić information content (AvgIpc) is 3.65. The van der Waals surface area contributed by atoms with E-state index in [4.69, 9.17) is 24.7 Å². The van der Waals surface area contributed by atoms with E-state index in [9.17, 15) is 19.8 Å². The van der Waals surface area contributed by atoms with Crippen molar-refractivity contribution >= 4 is 11.9 Å². The number of amides is 1. The number of carbonyl (C=O) groups is 2. The zero-order chi connectivity index (χ0) is 35.5. The highest BCUT2D eigenvalue weighted by Crippen LogP contribution is 2.89. The van der Waals surface area contributed by atoms with E-state index in [1.54, 1.807) is 20.8 Å². The van der Waals surface area contributed by atoms with Gasteiger partial charge < -0.3 is 34.9 Å². The summed E-state index contributed by atoms with van der Waals surface area (Å²) in [5.74, 6) is 0.725. The molecule has 4 N–H and O–H groups in total. The molecule has 14 atom stereocenters. The number of aliphatic hydroxyl groups excluding tert-OH is 1. The first-order chi connectivity index (χ1) is 22.9. The second kappa shape index (κ2) is 11.9. The second-order valence-corrected chi connectivity index (χ2v) is 19.1. The molecule has 0 unspecified atom stereocenters. The van der Waals surface area contributed by atoms with Crippen molar-refractivity contribution in [2.45, 2.75) is 156 Å². The summed E-state index contributed by atoms with van der Waals surface area (Å²) in [6.45, 7) is 19.1. The topological polar surface area (TPSA) is 141 Å². The largest absolute Gasteiger partial charge is 0.457 e. The lowest BCUT2D eigenvalue weighted by Gasteiger charge is -2.64. The maximum atomic E-state index is 12.6. The van der Waals surface area contributed by atoms with Crippen molar-refractivity contribution in [2.75, 3.05) is 26.2 Å². The zero-order valence-corrected chi connectivity index (χ0v) is 31.3. The molecule has 7 rings (SSSR count). The Balaban J connectivity index is 1.12. The van der Waals surface area contributed by atoms with E-state index in [0.717, 1.165) is 32.1 Å². The quantitative estimate of drug-likeness (QED) is 0.316. The van der Waals surface area contributed by atoms with Gasteiger partial charge in [0.2, 0.25) is 5.91 Å². The Morgan fingerprint density at radius 2 is 1.76 bits per heavy atom. The van der Waals surface area contributed by atoms with E-state index in [0.29, 0.717) is 38.0 Å². The highest BCUT2D eigenvalue weighted by atomic mass is 16.7. The third-order valence-corrected chi connectivity index (χ3v) is 16.2. The lowest BCUT2D eigenvalue weighted by molar-refractivity contribution is -0.248. The summed E-state index contributed by atoms with van der Waals surface area (Å²) < 4.78 is 25.5. The number of hydrogen-bond acceptors (Lipinski definition) is 9. The van der Waals surface area contributed by atoms with Gasteiger partial charge in [-0.05, 0) is 111 Å². The molecule has 0 bridgehead atoms. The van der Waals surface area contributed by atoms with Crippen LogP contribution in [0.4, 0.5) is 0 Å². The lowest BCUT2D eigenvalue weighted by Crippen LogP contribution is -2.60. The molecule has 5 aliphatic carbocycles. The van der Waals surface area contributed by atoms with Crippen LogP contribution in [-0.4, -0.2) is 95.6 Å². The Labute approximate surface area is 293 Å². The minimum Gasteiger partial charge on any atom is -0.457 e. The number of rotatable bonds is 8. The van der Waals surface area contributed by atoms with Gasteiger partial charge in [0.15, 0.2) is 12.4 Å². The number of nitrogens with two attached hydrogens (primary N) is 1. The Morgan fingerprint density at radius 1 is 1.06 bits per heavy atom. The van der Waals surface area contributed by atoms with Crippen molar-refractivity contribution in [3.05, 3.63) is 0 Å². The fraction of sp³-hybridized carbons (Fsp3) is 0.949. The Bertz CT molecular complexity index is 1320. The molecule has 0 aromatic carbocycles. The molecule has 7 aliphatic rings. The highest BCUT2D eigenvalue weighted by Gasteiger charge is 2.84. The van der Waals surface area contributed by atoms with E-state index in [1.807, 2.05) is 4.90 Å². The van der Waals surface area contributed by atoms with Crippen LogP contribution in [0.1, 0.15) is 113 Å². The maximum absolute atomic E-state index is 12.6. The highest BCUT2D eigenvalue weighted by molar-refractivity contribution is 5.75. The number of morpholine rings is 1. The summed E-state index contributed by atoms with van der Waals surface area (Å²) in [5, 5.41) is 23.7.